The molecule has 0 fully saturated rings. The Balaban J connectivity index is 2.16. The molecule has 0 saturated heterocycles. The second-order valence-electron chi connectivity index (χ2n) is 5.83. The second kappa shape index (κ2) is 7.62. The molecule has 1 rings (SSSR count). The minimum atomic E-state index is -0.120. The van der Waals surface area contributed by atoms with E-state index in [1.165, 1.54) is 0 Å². The van der Waals surface area contributed by atoms with Gasteiger partial charge in [0.2, 0.25) is 0 Å². The van der Waals surface area contributed by atoms with Crippen LogP contribution in [0.5, 0.6) is 0 Å². The zero-order chi connectivity index (χ0) is 14.3. The van der Waals surface area contributed by atoms with Gasteiger partial charge in [0.1, 0.15) is 6.61 Å². The van der Waals surface area contributed by atoms with Crippen molar-refractivity contribution < 1.29 is 14.0 Å². The Kier molecular flexibility index (Phi) is 6.48. The maximum absolute atomic E-state index is 5.56. The van der Waals surface area contributed by atoms with Gasteiger partial charge in [0.05, 0.1) is 24.5 Å². The van der Waals surface area contributed by atoms with Crippen LogP contribution >= 0.6 is 0 Å². The van der Waals surface area contributed by atoms with Gasteiger partial charge in [-0.1, -0.05) is 19.0 Å². The van der Waals surface area contributed by atoms with Gasteiger partial charge in [0, 0.05) is 18.7 Å². The first kappa shape index (κ1) is 16.1. The van der Waals surface area contributed by atoms with Crippen LogP contribution in [-0.2, 0) is 22.6 Å². The number of nitrogens with zero attached hydrogens (tertiary/aromatic N) is 1. The molecule has 1 N–H and O–H groups in total. The quantitative estimate of drug-likeness (QED) is 0.736. The first-order valence-electron chi connectivity index (χ1n) is 6.76. The topological polar surface area (TPSA) is 56.5 Å². The molecular weight excluding hydrogens is 244 g/mol. The molecule has 0 atom stereocenters. The molecule has 0 amide bonds. The predicted molar refractivity (Wildman–Crippen MR) is 73.8 cm³/mol. The summed E-state index contributed by atoms with van der Waals surface area (Å²) in [7, 11) is 0. The fourth-order valence-corrected chi connectivity index (χ4v) is 1.40. The summed E-state index contributed by atoms with van der Waals surface area (Å²) in [5, 5.41) is 7.26. The van der Waals surface area contributed by atoms with Crippen LogP contribution in [0.3, 0.4) is 0 Å². The summed E-state index contributed by atoms with van der Waals surface area (Å²) in [6.07, 6.45) is 0. The van der Waals surface area contributed by atoms with Gasteiger partial charge in [0.25, 0.3) is 0 Å². The van der Waals surface area contributed by atoms with Crippen LogP contribution in [0.25, 0.3) is 0 Å². The first-order valence-corrected chi connectivity index (χ1v) is 6.76. The van der Waals surface area contributed by atoms with Gasteiger partial charge in [-0.05, 0) is 20.8 Å². The van der Waals surface area contributed by atoms with Crippen LogP contribution < -0.4 is 5.32 Å². The normalized spacial score (nSPS) is 12.3. The van der Waals surface area contributed by atoms with Crippen LogP contribution in [0.4, 0.5) is 0 Å². The number of hydrogen-bond acceptors (Lipinski definition) is 5. The van der Waals surface area contributed by atoms with Crippen molar-refractivity contribution in [3.05, 3.63) is 17.5 Å². The molecule has 19 heavy (non-hydrogen) atoms. The molecule has 0 bridgehead atoms. The average molecular weight is 270 g/mol. The SMILES string of the molecule is CC(C)NCc1cc(COCCOC(C)(C)C)on1. The fraction of sp³-hybridized carbons (Fsp3) is 0.786. The lowest BCUT2D eigenvalue weighted by atomic mass is 10.2. The Bertz CT molecular complexity index is 356. The van der Waals surface area contributed by atoms with E-state index in [9.17, 15) is 0 Å². The van der Waals surface area contributed by atoms with E-state index in [-0.39, 0.29) is 5.60 Å². The van der Waals surface area contributed by atoms with Crippen molar-refractivity contribution in [3.8, 4) is 0 Å². The van der Waals surface area contributed by atoms with E-state index < -0.39 is 0 Å². The van der Waals surface area contributed by atoms with Crippen molar-refractivity contribution in [2.24, 2.45) is 0 Å². The minimum Gasteiger partial charge on any atom is -0.373 e. The molecule has 1 heterocycles. The highest BCUT2D eigenvalue weighted by atomic mass is 16.5. The molecule has 110 valence electrons. The summed E-state index contributed by atoms with van der Waals surface area (Å²) in [5.41, 5.74) is 0.781. The van der Waals surface area contributed by atoms with Gasteiger partial charge in [0.15, 0.2) is 5.76 Å². The highest BCUT2D eigenvalue weighted by molar-refractivity contribution is 5.04. The van der Waals surface area contributed by atoms with Crippen LogP contribution in [0, 0.1) is 0 Å². The van der Waals surface area contributed by atoms with E-state index in [0.29, 0.717) is 32.4 Å². The summed E-state index contributed by atoms with van der Waals surface area (Å²) in [6, 6.07) is 2.35. The molecule has 1 aromatic rings. The zero-order valence-corrected chi connectivity index (χ0v) is 12.7. The van der Waals surface area contributed by atoms with Crippen LogP contribution in [0.1, 0.15) is 46.1 Å². The number of hydrogen-bond donors (Lipinski definition) is 1. The highest BCUT2D eigenvalue weighted by Gasteiger charge is 2.09. The summed E-state index contributed by atoms with van der Waals surface area (Å²) in [6.45, 7) is 12.6. The number of aromatic nitrogens is 1. The fourth-order valence-electron chi connectivity index (χ4n) is 1.40. The summed E-state index contributed by atoms with van der Waals surface area (Å²) >= 11 is 0. The number of ether oxygens (including phenoxy) is 2. The molecule has 0 aliphatic rings. The van der Waals surface area contributed by atoms with Crippen molar-refractivity contribution >= 4 is 0 Å². The second-order valence-corrected chi connectivity index (χ2v) is 5.83. The maximum Gasteiger partial charge on any atom is 0.162 e. The van der Waals surface area contributed by atoms with Crippen molar-refractivity contribution in [1.82, 2.24) is 10.5 Å². The van der Waals surface area contributed by atoms with Gasteiger partial charge < -0.3 is 19.3 Å². The third-order valence-corrected chi connectivity index (χ3v) is 2.31. The molecule has 5 nitrogen and oxygen atoms in total. The van der Waals surface area contributed by atoms with Gasteiger partial charge in [-0.2, -0.15) is 0 Å². The minimum absolute atomic E-state index is 0.120. The standard InChI is InChI=1S/C14H26N2O3/c1-11(2)15-9-12-8-13(19-16-12)10-17-6-7-18-14(3,4)5/h8,11,15H,6-7,9-10H2,1-5H3. The average Bonchev–Trinajstić information content (AvgIpc) is 2.72. The van der Waals surface area contributed by atoms with Gasteiger partial charge >= 0.3 is 0 Å². The lowest BCUT2D eigenvalue weighted by Gasteiger charge is -2.19. The van der Waals surface area contributed by atoms with Crippen molar-refractivity contribution in [2.45, 2.75) is 59.4 Å². The summed E-state index contributed by atoms with van der Waals surface area (Å²) in [4.78, 5) is 0. The number of rotatable bonds is 8. The Labute approximate surface area is 115 Å². The van der Waals surface area contributed by atoms with Crippen LogP contribution in [0.15, 0.2) is 10.6 Å². The lowest BCUT2D eigenvalue weighted by Crippen LogP contribution is -2.22. The lowest BCUT2D eigenvalue weighted by molar-refractivity contribution is -0.0398. The smallest absolute Gasteiger partial charge is 0.162 e. The Morgan fingerprint density at radius 2 is 2.05 bits per heavy atom. The molecule has 5 heteroatoms. The van der Waals surface area contributed by atoms with E-state index in [1.54, 1.807) is 0 Å². The molecule has 0 saturated carbocycles. The summed E-state index contributed by atoms with van der Waals surface area (Å²) < 4.78 is 16.2. The van der Waals surface area contributed by atoms with Crippen LogP contribution in [0.2, 0.25) is 0 Å². The molecule has 0 unspecified atom stereocenters. The van der Waals surface area contributed by atoms with E-state index in [2.05, 4.69) is 24.3 Å². The number of nitrogens with one attached hydrogen (secondary N) is 1. The third-order valence-electron chi connectivity index (χ3n) is 2.31. The van der Waals surface area contributed by atoms with Crippen molar-refractivity contribution in [2.75, 3.05) is 13.2 Å². The van der Waals surface area contributed by atoms with E-state index in [4.69, 9.17) is 14.0 Å². The molecule has 0 spiro atoms. The van der Waals surface area contributed by atoms with Gasteiger partial charge in [-0.25, -0.2) is 0 Å². The van der Waals surface area contributed by atoms with Gasteiger partial charge in [-0.15, -0.1) is 0 Å². The molecule has 0 aliphatic carbocycles. The molecular formula is C14H26N2O3. The van der Waals surface area contributed by atoms with Crippen molar-refractivity contribution in [3.63, 3.8) is 0 Å². The molecule has 1 aromatic heterocycles. The Morgan fingerprint density at radius 3 is 2.68 bits per heavy atom. The van der Waals surface area contributed by atoms with E-state index in [0.717, 1.165) is 11.5 Å². The van der Waals surface area contributed by atoms with E-state index in [1.807, 2.05) is 26.8 Å². The zero-order valence-electron chi connectivity index (χ0n) is 12.7. The maximum atomic E-state index is 5.56. The first-order chi connectivity index (χ1) is 8.87. The summed E-state index contributed by atoms with van der Waals surface area (Å²) in [5.74, 6) is 0.747. The highest BCUT2D eigenvalue weighted by Crippen LogP contribution is 2.07. The third kappa shape index (κ3) is 7.97. The Hall–Kier alpha value is -0.910. The monoisotopic (exact) mass is 270 g/mol. The van der Waals surface area contributed by atoms with Crippen LogP contribution in [-0.4, -0.2) is 30.0 Å². The molecule has 0 aliphatic heterocycles. The Morgan fingerprint density at radius 1 is 1.32 bits per heavy atom. The predicted octanol–water partition coefficient (Wildman–Crippen LogP) is 2.50. The van der Waals surface area contributed by atoms with Gasteiger partial charge in [-0.3, -0.25) is 0 Å². The molecule has 0 radical (unpaired) electrons. The largest absolute Gasteiger partial charge is 0.373 e. The van der Waals surface area contributed by atoms with Crippen molar-refractivity contribution in [1.29, 1.82) is 0 Å². The van der Waals surface area contributed by atoms with E-state index >= 15 is 0 Å². The molecule has 0 aromatic carbocycles.